The van der Waals surface area contributed by atoms with Gasteiger partial charge < -0.3 is 10.1 Å². The molecule has 0 radical (unpaired) electrons. The molecule has 0 aromatic rings. The fraction of sp³-hybridized carbons (Fsp3) is 0.700. The second-order valence-electron chi connectivity index (χ2n) is 3.10. The van der Waals surface area contributed by atoms with E-state index < -0.39 is 0 Å². The Balaban J connectivity index is 3.19. The summed E-state index contributed by atoms with van der Waals surface area (Å²) in [6.07, 6.45) is 2.57. The highest BCUT2D eigenvalue weighted by Crippen LogP contribution is 1.94. The van der Waals surface area contributed by atoms with E-state index in [1.165, 1.54) is 0 Å². The fourth-order valence-corrected chi connectivity index (χ4v) is 1.18. The highest BCUT2D eigenvalue weighted by Gasteiger charge is 1.98. The van der Waals surface area contributed by atoms with Crippen LogP contribution in [0.2, 0.25) is 0 Å². The largest absolute Gasteiger partial charge is 0.375 e. The minimum absolute atomic E-state index is 0.0956. The van der Waals surface area contributed by atoms with Crippen molar-refractivity contribution in [3.05, 3.63) is 12.2 Å². The first-order valence-corrected chi connectivity index (χ1v) is 6.04. The van der Waals surface area contributed by atoms with Crippen molar-refractivity contribution < 1.29 is 9.53 Å². The molecule has 1 N–H and O–H groups in total. The van der Waals surface area contributed by atoms with Crippen LogP contribution in [0.1, 0.15) is 13.3 Å². The minimum Gasteiger partial charge on any atom is -0.375 e. The van der Waals surface area contributed by atoms with Gasteiger partial charge in [-0.1, -0.05) is 12.2 Å². The van der Waals surface area contributed by atoms with Gasteiger partial charge in [-0.25, -0.2) is 0 Å². The summed E-state index contributed by atoms with van der Waals surface area (Å²) in [5, 5.41) is 2.78. The topological polar surface area (TPSA) is 38.3 Å². The van der Waals surface area contributed by atoms with Gasteiger partial charge in [-0.3, -0.25) is 4.79 Å². The van der Waals surface area contributed by atoms with Crippen LogP contribution in [0.5, 0.6) is 0 Å². The Morgan fingerprint density at radius 3 is 2.86 bits per heavy atom. The van der Waals surface area contributed by atoms with Crippen molar-refractivity contribution in [2.75, 3.05) is 31.8 Å². The highest BCUT2D eigenvalue weighted by atomic mass is 32.2. The fourth-order valence-electron chi connectivity index (χ4n) is 0.792. The SMILES string of the molecule is C=C(C)COCCNC(=O)CCSC. The van der Waals surface area contributed by atoms with E-state index in [1.54, 1.807) is 11.8 Å². The zero-order chi connectivity index (χ0) is 10.8. The maximum atomic E-state index is 11.1. The molecule has 3 nitrogen and oxygen atoms in total. The summed E-state index contributed by atoms with van der Waals surface area (Å²) in [6, 6.07) is 0. The predicted molar refractivity (Wildman–Crippen MR) is 61.6 cm³/mol. The second-order valence-corrected chi connectivity index (χ2v) is 4.09. The molecule has 4 heteroatoms. The lowest BCUT2D eigenvalue weighted by Crippen LogP contribution is -2.27. The molecule has 14 heavy (non-hydrogen) atoms. The predicted octanol–water partition coefficient (Wildman–Crippen LogP) is 1.45. The number of hydrogen-bond acceptors (Lipinski definition) is 3. The van der Waals surface area contributed by atoms with Gasteiger partial charge in [-0.15, -0.1) is 0 Å². The number of thioether (sulfide) groups is 1. The first-order chi connectivity index (χ1) is 6.66. The van der Waals surface area contributed by atoms with Gasteiger partial charge in [0.25, 0.3) is 0 Å². The van der Waals surface area contributed by atoms with Gasteiger partial charge in [-0.05, 0) is 13.2 Å². The minimum atomic E-state index is 0.0956. The summed E-state index contributed by atoms with van der Waals surface area (Å²) in [5.41, 5.74) is 0.999. The van der Waals surface area contributed by atoms with Crippen LogP contribution in [0.25, 0.3) is 0 Å². The molecule has 0 aliphatic carbocycles. The van der Waals surface area contributed by atoms with Crippen molar-refractivity contribution in [1.29, 1.82) is 0 Å². The summed E-state index contributed by atoms with van der Waals surface area (Å²) in [4.78, 5) is 11.1. The molecule has 82 valence electrons. The Hall–Kier alpha value is -0.480. The van der Waals surface area contributed by atoms with Crippen molar-refractivity contribution >= 4 is 17.7 Å². The lowest BCUT2D eigenvalue weighted by molar-refractivity contribution is -0.120. The van der Waals surface area contributed by atoms with E-state index >= 15 is 0 Å². The molecule has 0 heterocycles. The summed E-state index contributed by atoms with van der Waals surface area (Å²) in [6.45, 7) is 7.33. The van der Waals surface area contributed by atoms with Gasteiger partial charge in [-0.2, -0.15) is 11.8 Å². The van der Waals surface area contributed by atoms with E-state index in [-0.39, 0.29) is 5.91 Å². The third kappa shape index (κ3) is 9.61. The molecule has 0 aliphatic rings. The Morgan fingerprint density at radius 2 is 2.29 bits per heavy atom. The van der Waals surface area contributed by atoms with Gasteiger partial charge in [0.05, 0.1) is 13.2 Å². The molecule has 0 aliphatic heterocycles. The molecule has 0 spiro atoms. The van der Waals surface area contributed by atoms with Crippen molar-refractivity contribution in [3.63, 3.8) is 0 Å². The zero-order valence-electron chi connectivity index (χ0n) is 8.97. The summed E-state index contributed by atoms with van der Waals surface area (Å²) < 4.78 is 5.23. The Bertz CT molecular complexity index is 183. The van der Waals surface area contributed by atoms with Crippen molar-refractivity contribution in [3.8, 4) is 0 Å². The number of carbonyl (C=O) groups excluding carboxylic acids is 1. The molecule has 1 amide bonds. The van der Waals surface area contributed by atoms with Gasteiger partial charge >= 0.3 is 0 Å². The molecule has 0 aromatic heterocycles. The van der Waals surface area contributed by atoms with Crippen LogP contribution in [0.4, 0.5) is 0 Å². The van der Waals surface area contributed by atoms with Gasteiger partial charge in [0.1, 0.15) is 0 Å². The number of amides is 1. The number of ether oxygens (including phenoxy) is 1. The average Bonchev–Trinajstić information content (AvgIpc) is 2.13. The Kier molecular flexibility index (Phi) is 8.78. The van der Waals surface area contributed by atoms with Crippen molar-refractivity contribution in [2.45, 2.75) is 13.3 Å². The van der Waals surface area contributed by atoms with E-state index in [4.69, 9.17) is 4.74 Å². The maximum absolute atomic E-state index is 11.1. The molecule has 0 atom stereocenters. The number of carbonyl (C=O) groups is 1. The molecular weight excluding hydrogens is 198 g/mol. The van der Waals surface area contributed by atoms with Gasteiger partial charge in [0.15, 0.2) is 0 Å². The lowest BCUT2D eigenvalue weighted by Gasteiger charge is -2.05. The third-order valence-electron chi connectivity index (χ3n) is 1.45. The number of hydrogen-bond donors (Lipinski definition) is 1. The van der Waals surface area contributed by atoms with Crippen LogP contribution in [0.3, 0.4) is 0 Å². The molecule has 0 aromatic carbocycles. The molecule has 0 saturated carbocycles. The molecular formula is C10H19NO2S. The number of nitrogens with one attached hydrogen (secondary N) is 1. The summed E-state index contributed by atoms with van der Waals surface area (Å²) >= 11 is 1.67. The van der Waals surface area contributed by atoms with Crippen LogP contribution in [-0.4, -0.2) is 37.7 Å². The number of rotatable bonds is 8. The molecule has 0 bridgehead atoms. The van der Waals surface area contributed by atoms with E-state index in [2.05, 4.69) is 11.9 Å². The van der Waals surface area contributed by atoms with Crippen LogP contribution in [0.15, 0.2) is 12.2 Å². The lowest BCUT2D eigenvalue weighted by atomic mass is 10.4. The highest BCUT2D eigenvalue weighted by molar-refractivity contribution is 7.98. The van der Waals surface area contributed by atoms with Crippen LogP contribution >= 0.6 is 11.8 Å². The van der Waals surface area contributed by atoms with Crippen molar-refractivity contribution in [1.82, 2.24) is 5.32 Å². The van der Waals surface area contributed by atoms with E-state index in [0.717, 1.165) is 11.3 Å². The zero-order valence-corrected chi connectivity index (χ0v) is 9.78. The first kappa shape index (κ1) is 13.5. The van der Waals surface area contributed by atoms with Crippen LogP contribution in [-0.2, 0) is 9.53 Å². The standard InChI is InChI=1S/C10H19NO2S/c1-9(2)8-13-6-5-11-10(12)4-7-14-3/h1,4-8H2,2-3H3,(H,11,12). The molecule has 0 rings (SSSR count). The third-order valence-corrected chi connectivity index (χ3v) is 2.06. The molecule has 0 fully saturated rings. The summed E-state index contributed by atoms with van der Waals surface area (Å²) in [7, 11) is 0. The molecule has 0 unspecified atom stereocenters. The van der Waals surface area contributed by atoms with Crippen LogP contribution < -0.4 is 5.32 Å². The quantitative estimate of drug-likeness (QED) is 0.494. The Labute approximate surface area is 90.3 Å². The Morgan fingerprint density at radius 1 is 1.57 bits per heavy atom. The van der Waals surface area contributed by atoms with E-state index in [1.807, 2.05) is 13.2 Å². The molecule has 0 saturated heterocycles. The van der Waals surface area contributed by atoms with E-state index in [0.29, 0.717) is 26.2 Å². The van der Waals surface area contributed by atoms with Gasteiger partial charge in [0, 0.05) is 18.7 Å². The average molecular weight is 217 g/mol. The van der Waals surface area contributed by atoms with Crippen molar-refractivity contribution in [2.24, 2.45) is 0 Å². The monoisotopic (exact) mass is 217 g/mol. The first-order valence-electron chi connectivity index (χ1n) is 4.64. The smallest absolute Gasteiger partial charge is 0.220 e. The normalized spacial score (nSPS) is 9.86. The second kappa shape index (κ2) is 9.09. The maximum Gasteiger partial charge on any atom is 0.220 e. The van der Waals surface area contributed by atoms with Gasteiger partial charge in [0.2, 0.25) is 5.91 Å². The van der Waals surface area contributed by atoms with Crippen LogP contribution in [0, 0.1) is 0 Å². The summed E-state index contributed by atoms with van der Waals surface area (Å²) in [5.74, 6) is 0.969. The van der Waals surface area contributed by atoms with E-state index in [9.17, 15) is 4.79 Å².